The van der Waals surface area contributed by atoms with E-state index in [0.717, 1.165) is 32.4 Å². The zero-order valence-corrected chi connectivity index (χ0v) is 20.6. The number of carbonyl (C=O) groups is 2. The number of hydrogen-bond donors (Lipinski definition) is 2. The summed E-state index contributed by atoms with van der Waals surface area (Å²) in [5.74, 6) is 0.690. The number of aromatic nitrogens is 2. The number of hydrogen-bond acceptors (Lipinski definition) is 10. The molecule has 0 bridgehead atoms. The lowest BCUT2D eigenvalue weighted by atomic mass is 10.1. The number of nitrogens with two attached hydrogens (primary N) is 1. The van der Waals surface area contributed by atoms with Crippen molar-refractivity contribution in [1.82, 2.24) is 20.5 Å². The minimum absolute atomic E-state index is 0.0407. The molecule has 0 saturated carbocycles. The molecule has 1 aliphatic rings. The number of carbonyl (C=O) groups excluding carboxylic acids is 2. The van der Waals surface area contributed by atoms with Crippen molar-refractivity contribution in [1.29, 1.82) is 0 Å². The molecule has 13 heteroatoms. The van der Waals surface area contributed by atoms with Gasteiger partial charge in [0.2, 0.25) is 5.13 Å². The van der Waals surface area contributed by atoms with Crippen LogP contribution >= 0.6 is 39.0 Å². The molecule has 1 saturated heterocycles. The number of likely N-dealkylation sites (tertiary alicyclic amines) is 1. The number of ether oxygens (including phenoxy) is 2. The van der Waals surface area contributed by atoms with Crippen LogP contribution < -0.4 is 20.6 Å². The zero-order valence-electron chi connectivity index (χ0n) is 17.4. The number of nitrogen functional groups attached to an aromatic ring is 1. The summed E-state index contributed by atoms with van der Waals surface area (Å²) in [5, 5.41) is 11.9. The lowest BCUT2D eigenvalue weighted by Crippen LogP contribution is -2.38. The van der Waals surface area contributed by atoms with E-state index in [2.05, 4.69) is 36.7 Å². The Morgan fingerprint density at radius 3 is 2.81 bits per heavy atom. The summed E-state index contributed by atoms with van der Waals surface area (Å²) in [6.45, 7) is 1.49. The van der Waals surface area contributed by atoms with E-state index in [9.17, 15) is 9.59 Å². The first kappa shape index (κ1) is 24.3. The first-order valence-corrected chi connectivity index (χ1v) is 12.4. The second kappa shape index (κ2) is 12.0. The number of methoxy groups -OCH3 is 1. The predicted octanol–water partition coefficient (Wildman–Crippen LogP) is 2.53. The van der Waals surface area contributed by atoms with Gasteiger partial charge in [0.25, 0.3) is 11.8 Å². The molecule has 10 nitrogen and oxygen atoms in total. The number of anilines is 1. The molecular formula is C19H23BrN6O4S2. The summed E-state index contributed by atoms with van der Waals surface area (Å²) < 4.78 is 12.4. The van der Waals surface area contributed by atoms with Crippen LogP contribution in [-0.2, 0) is 9.59 Å². The minimum atomic E-state index is -0.290. The number of rotatable bonds is 9. The Morgan fingerprint density at radius 2 is 2.12 bits per heavy atom. The van der Waals surface area contributed by atoms with E-state index in [-0.39, 0.29) is 24.2 Å². The van der Waals surface area contributed by atoms with E-state index in [4.69, 9.17) is 15.2 Å². The van der Waals surface area contributed by atoms with E-state index < -0.39 is 0 Å². The highest BCUT2D eigenvalue weighted by atomic mass is 79.9. The van der Waals surface area contributed by atoms with Gasteiger partial charge in [-0.2, -0.15) is 5.10 Å². The molecule has 2 aromatic rings. The average molecular weight is 543 g/mol. The second-order valence-electron chi connectivity index (χ2n) is 6.75. The molecule has 0 atom stereocenters. The molecule has 0 radical (unpaired) electrons. The third-order valence-electron chi connectivity index (χ3n) is 4.45. The van der Waals surface area contributed by atoms with Crippen LogP contribution in [0.15, 0.2) is 26.0 Å². The van der Waals surface area contributed by atoms with Crippen LogP contribution in [0.5, 0.6) is 11.5 Å². The lowest BCUT2D eigenvalue weighted by Gasteiger charge is -2.26. The summed E-state index contributed by atoms with van der Waals surface area (Å²) >= 11 is 5.90. The molecule has 1 aromatic heterocycles. The summed E-state index contributed by atoms with van der Waals surface area (Å²) in [5.41, 5.74) is 8.64. The van der Waals surface area contributed by atoms with Crippen LogP contribution in [0.2, 0.25) is 0 Å². The van der Waals surface area contributed by atoms with Gasteiger partial charge in [-0.25, -0.2) is 5.43 Å². The fourth-order valence-corrected chi connectivity index (χ4v) is 4.94. The van der Waals surface area contributed by atoms with Gasteiger partial charge in [-0.1, -0.05) is 23.1 Å². The summed E-state index contributed by atoms with van der Waals surface area (Å²) in [7, 11) is 1.52. The first-order chi connectivity index (χ1) is 15.5. The van der Waals surface area contributed by atoms with Crippen molar-refractivity contribution in [3.8, 4) is 11.5 Å². The van der Waals surface area contributed by atoms with E-state index in [1.165, 1.54) is 36.4 Å². The SMILES string of the molecule is COc1cc(C=NNC(=O)CSc2nnc(N)s2)cc(Br)c1OCC(=O)N1CCCCC1. The number of nitrogens with one attached hydrogen (secondary N) is 1. The largest absolute Gasteiger partial charge is 0.493 e. The topological polar surface area (TPSA) is 132 Å². The summed E-state index contributed by atoms with van der Waals surface area (Å²) in [6.07, 6.45) is 4.70. The Balaban J connectivity index is 1.53. The van der Waals surface area contributed by atoms with Crippen LogP contribution in [0.4, 0.5) is 5.13 Å². The Labute approximate surface area is 202 Å². The number of halogens is 1. The summed E-state index contributed by atoms with van der Waals surface area (Å²) in [6, 6.07) is 3.47. The van der Waals surface area contributed by atoms with Crippen LogP contribution in [0.1, 0.15) is 24.8 Å². The summed E-state index contributed by atoms with van der Waals surface area (Å²) in [4.78, 5) is 26.1. The minimum Gasteiger partial charge on any atom is -0.493 e. The number of nitrogens with zero attached hydrogens (tertiary/aromatic N) is 4. The third kappa shape index (κ3) is 7.07. The van der Waals surface area contributed by atoms with Crippen molar-refractivity contribution in [3.05, 3.63) is 22.2 Å². The number of thioether (sulfide) groups is 1. The normalized spacial score (nSPS) is 13.9. The van der Waals surface area contributed by atoms with E-state index in [1.54, 1.807) is 12.1 Å². The Bertz CT molecular complexity index is 981. The maximum atomic E-state index is 12.4. The van der Waals surface area contributed by atoms with Crippen molar-refractivity contribution >= 4 is 62.2 Å². The Kier molecular flexibility index (Phi) is 9.11. The highest BCUT2D eigenvalue weighted by molar-refractivity contribution is 9.10. The maximum absolute atomic E-state index is 12.4. The van der Waals surface area contributed by atoms with E-state index >= 15 is 0 Å². The van der Waals surface area contributed by atoms with Crippen LogP contribution in [0.25, 0.3) is 0 Å². The van der Waals surface area contributed by atoms with Gasteiger partial charge >= 0.3 is 0 Å². The molecule has 0 unspecified atom stereocenters. The molecular weight excluding hydrogens is 520 g/mol. The average Bonchev–Trinajstić information content (AvgIpc) is 3.22. The van der Waals surface area contributed by atoms with Gasteiger partial charge in [-0.15, -0.1) is 10.2 Å². The standard InChI is InChI=1S/C19H23BrN6O4S2/c1-29-14-8-12(9-22-23-15(27)11-31-19-25-24-18(21)32-19)7-13(20)17(14)30-10-16(28)26-5-3-2-4-6-26/h7-9H,2-6,10-11H2,1H3,(H2,21,24)(H,23,27). The molecule has 3 N–H and O–H groups in total. The Hall–Kier alpha value is -2.38. The van der Waals surface area contributed by atoms with Crippen molar-refractivity contribution in [2.45, 2.75) is 23.6 Å². The fourth-order valence-electron chi connectivity index (χ4n) is 2.94. The molecule has 0 spiro atoms. The molecule has 3 rings (SSSR count). The third-order valence-corrected chi connectivity index (χ3v) is 6.93. The van der Waals surface area contributed by atoms with Crippen LogP contribution in [0, 0.1) is 0 Å². The zero-order chi connectivity index (χ0) is 22.9. The predicted molar refractivity (Wildman–Crippen MR) is 127 cm³/mol. The Morgan fingerprint density at radius 1 is 1.34 bits per heavy atom. The van der Waals surface area contributed by atoms with Gasteiger partial charge in [0.15, 0.2) is 22.4 Å². The van der Waals surface area contributed by atoms with Crippen LogP contribution in [-0.4, -0.2) is 65.7 Å². The smallest absolute Gasteiger partial charge is 0.260 e. The molecule has 2 amide bonds. The van der Waals surface area contributed by atoms with Crippen molar-refractivity contribution < 1.29 is 19.1 Å². The molecule has 1 aliphatic heterocycles. The number of benzene rings is 1. The number of piperidine rings is 1. The molecule has 1 fully saturated rings. The van der Waals surface area contributed by atoms with E-state index in [0.29, 0.717) is 31.0 Å². The van der Waals surface area contributed by atoms with Gasteiger partial charge in [0.05, 0.1) is 23.5 Å². The van der Waals surface area contributed by atoms with E-state index in [1.807, 2.05) is 4.90 Å². The van der Waals surface area contributed by atoms with Gasteiger partial charge in [-0.3, -0.25) is 9.59 Å². The van der Waals surface area contributed by atoms with Crippen molar-refractivity contribution in [2.24, 2.45) is 5.10 Å². The lowest BCUT2D eigenvalue weighted by molar-refractivity contribution is -0.134. The highest BCUT2D eigenvalue weighted by Gasteiger charge is 2.19. The monoisotopic (exact) mass is 542 g/mol. The first-order valence-electron chi connectivity index (χ1n) is 9.78. The van der Waals surface area contributed by atoms with Gasteiger partial charge in [0.1, 0.15) is 0 Å². The molecule has 0 aliphatic carbocycles. The van der Waals surface area contributed by atoms with Crippen molar-refractivity contribution in [2.75, 3.05) is 38.3 Å². The van der Waals surface area contributed by atoms with Crippen molar-refractivity contribution in [3.63, 3.8) is 0 Å². The van der Waals surface area contributed by atoms with Crippen LogP contribution in [0.3, 0.4) is 0 Å². The number of amides is 2. The quantitative estimate of drug-likeness (QED) is 0.280. The fraction of sp³-hybridized carbons (Fsp3) is 0.421. The van der Waals surface area contributed by atoms with Gasteiger partial charge < -0.3 is 20.1 Å². The maximum Gasteiger partial charge on any atom is 0.260 e. The highest BCUT2D eigenvalue weighted by Crippen LogP contribution is 2.36. The second-order valence-corrected chi connectivity index (χ2v) is 9.84. The number of hydrazone groups is 1. The molecule has 2 heterocycles. The molecule has 1 aromatic carbocycles. The molecule has 32 heavy (non-hydrogen) atoms. The molecule has 172 valence electrons. The van der Waals surface area contributed by atoms with Gasteiger partial charge in [0, 0.05) is 13.1 Å². The van der Waals surface area contributed by atoms with Gasteiger partial charge in [-0.05, 0) is 52.9 Å².